The van der Waals surface area contributed by atoms with Gasteiger partial charge in [0, 0.05) is 17.1 Å². The van der Waals surface area contributed by atoms with Crippen LogP contribution in [-0.4, -0.2) is 14.8 Å². The standard InChI is InChI=1S/C11H13BrN4/c1-7-5-8(3-4-9(7)12)11-15-14-10(6-13)16(11)2/h3-5H,6,13H2,1-2H3. The molecule has 0 saturated heterocycles. The maximum absolute atomic E-state index is 5.57. The summed E-state index contributed by atoms with van der Waals surface area (Å²) < 4.78 is 3.01. The summed E-state index contributed by atoms with van der Waals surface area (Å²) in [4.78, 5) is 0. The van der Waals surface area contributed by atoms with E-state index in [1.54, 1.807) is 0 Å². The number of rotatable bonds is 2. The minimum Gasteiger partial charge on any atom is -0.324 e. The first kappa shape index (κ1) is 11.3. The average Bonchev–Trinajstić information content (AvgIpc) is 2.64. The number of hydrogen-bond donors (Lipinski definition) is 1. The monoisotopic (exact) mass is 280 g/mol. The van der Waals surface area contributed by atoms with Crippen LogP contribution < -0.4 is 5.73 Å². The third-order valence-electron chi connectivity index (χ3n) is 2.56. The van der Waals surface area contributed by atoms with E-state index in [0.29, 0.717) is 6.54 Å². The van der Waals surface area contributed by atoms with Gasteiger partial charge in [-0.05, 0) is 24.6 Å². The molecule has 84 valence electrons. The van der Waals surface area contributed by atoms with Crippen molar-refractivity contribution < 1.29 is 0 Å². The topological polar surface area (TPSA) is 56.7 Å². The summed E-state index contributed by atoms with van der Waals surface area (Å²) in [5, 5.41) is 8.18. The van der Waals surface area contributed by atoms with Crippen LogP contribution in [0.25, 0.3) is 11.4 Å². The number of nitrogens with two attached hydrogens (primary N) is 1. The second-order valence-corrected chi connectivity index (χ2v) is 4.52. The first-order valence-electron chi connectivity index (χ1n) is 4.98. The Morgan fingerprint density at radius 2 is 2.12 bits per heavy atom. The zero-order valence-corrected chi connectivity index (χ0v) is 10.8. The molecule has 0 saturated carbocycles. The van der Waals surface area contributed by atoms with Gasteiger partial charge in [0.15, 0.2) is 5.82 Å². The molecule has 1 heterocycles. The van der Waals surface area contributed by atoms with E-state index in [2.05, 4.69) is 32.2 Å². The first-order chi connectivity index (χ1) is 7.63. The van der Waals surface area contributed by atoms with Gasteiger partial charge in [-0.15, -0.1) is 10.2 Å². The summed E-state index contributed by atoms with van der Waals surface area (Å²) in [7, 11) is 1.93. The molecule has 0 aliphatic rings. The number of benzene rings is 1. The van der Waals surface area contributed by atoms with Crippen LogP contribution in [0.5, 0.6) is 0 Å². The smallest absolute Gasteiger partial charge is 0.163 e. The quantitative estimate of drug-likeness (QED) is 0.916. The molecule has 0 unspecified atom stereocenters. The predicted octanol–water partition coefficient (Wildman–Crippen LogP) is 2.01. The second kappa shape index (κ2) is 4.35. The summed E-state index contributed by atoms with van der Waals surface area (Å²) >= 11 is 3.48. The molecule has 4 nitrogen and oxygen atoms in total. The lowest BCUT2D eigenvalue weighted by atomic mass is 10.1. The Kier molecular flexibility index (Phi) is 3.07. The maximum atomic E-state index is 5.57. The predicted molar refractivity (Wildman–Crippen MR) is 66.8 cm³/mol. The van der Waals surface area contributed by atoms with Crippen molar-refractivity contribution in [2.75, 3.05) is 0 Å². The van der Waals surface area contributed by atoms with Crippen molar-refractivity contribution in [2.24, 2.45) is 12.8 Å². The van der Waals surface area contributed by atoms with Crippen LogP contribution in [0.4, 0.5) is 0 Å². The molecule has 0 aliphatic heterocycles. The highest BCUT2D eigenvalue weighted by molar-refractivity contribution is 9.10. The second-order valence-electron chi connectivity index (χ2n) is 3.67. The van der Waals surface area contributed by atoms with Crippen molar-refractivity contribution in [3.05, 3.63) is 34.1 Å². The van der Waals surface area contributed by atoms with Gasteiger partial charge in [-0.25, -0.2) is 0 Å². The molecule has 0 bridgehead atoms. The fraction of sp³-hybridized carbons (Fsp3) is 0.273. The number of aryl methyl sites for hydroxylation is 1. The van der Waals surface area contributed by atoms with Gasteiger partial charge in [0.1, 0.15) is 5.82 Å². The lowest BCUT2D eigenvalue weighted by Gasteiger charge is -2.04. The molecular formula is C11H13BrN4. The van der Waals surface area contributed by atoms with Crippen LogP contribution in [0.2, 0.25) is 0 Å². The largest absolute Gasteiger partial charge is 0.324 e. The maximum Gasteiger partial charge on any atom is 0.163 e. The van der Waals surface area contributed by atoms with Gasteiger partial charge in [0.2, 0.25) is 0 Å². The van der Waals surface area contributed by atoms with Crippen molar-refractivity contribution in [1.29, 1.82) is 0 Å². The van der Waals surface area contributed by atoms with Crippen molar-refractivity contribution in [3.8, 4) is 11.4 Å². The molecule has 2 N–H and O–H groups in total. The number of halogens is 1. The Morgan fingerprint density at radius 1 is 1.38 bits per heavy atom. The Labute approximate surface area is 103 Å². The average molecular weight is 281 g/mol. The SMILES string of the molecule is Cc1cc(-c2nnc(CN)n2C)ccc1Br. The van der Waals surface area contributed by atoms with Gasteiger partial charge < -0.3 is 10.3 Å². The lowest BCUT2D eigenvalue weighted by Crippen LogP contribution is -2.05. The van der Waals surface area contributed by atoms with Gasteiger partial charge in [0.25, 0.3) is 0 Å². The highest BCUT2D eigenvalue weighted by Crippen LogP contribution is 2.23. The van der Waals surface area contributed by atoms with Crippen LogP contribution in [0, 0.1) is 6.92 Å². The normalized spacial score (nSPS) is 10.8. The van der Waals surface area contributed by atoms with Crippen LogP contribution in [-0.2, 0) is 13.6 Å². The van der Waals surface area contributed by atoms with E-state index in [9.17, 15) is 0 Å². The van der Waals surface area contributed by atoms with E-state index in [-0.39, 0.29) is 0 Å². The fourth-order valence-electron chi connectivity index (χ4n) is 1.57. The van der Waals surface area contributed by atoms with Gasteiger partial charge in [-0.2, -0.15) is 0 Å². The molecule has 0 atom stereocenters. The van der Waals surface area contributed by atoms with Crippen LogP contribution in [0.1, 0.15) is 11.4 Å². The molecular weight excluding hydrogens is 268 g/mol. The summed E-state index contributed by atoms with van der Waals surface area (Å²) in [5.74, 6) is 1.63. The van der Waals surface area contributed by atoms with Gasteiger partial charge >= 0.3 is 0 Å². The zero-order valence-electron chi connectivity index (χ0n) is 9.24. The molecule has 2 rings (SSSR count). The highest BCUT2D eigenvalue weighted by atomic mass is 79.9. The third kappa shape index (κ3) is 1.88. The number of nitrogens with zero attached hydrogens (tertiary/aromatic N) is 3. The Bertz CT molecular complexity index is 519. The summed E-state index contributed by atoms with van der Waals surface area (Å²) in [5.41, 5.74) is 7.79. The molecule has 0 spiro atoms. The summed E-state index contributed by atoms with van der Waals surface area (Å²) in [6, 6.07) is 6.11. The van der Waals surface area contributed by atoms with Gasteiger partial charge in [-0.1, -0.05) is 22.0 Å². The van der Waals surface area contributed by atoms with Crippen molar-refractivity contribution in [3.63, 3.8) is 0 Å². The molecule has 16 heavy (non-hydrogen) atoms. The van der Waals surface area contributed by atoms with E-state index in [0.717, 1.165) is 21.7 Å². The van der Waals surface area contributed by atoms with E-state index >= 15 is 0 Å². The van der Waals surface area contributed by atoms with Crippen molar-refractivity contribution in [2.45, 2.75) is 13.5 Å². The molecule has 1 aromatic carbocycles. The Morgan fingerprint density at radius 3 is 2.69 bits per heavy atom. The first-order valence-corrected chi connectivity index (χ1v) is 5.77. The van der Waals surface area contributed by atoms with E-state index in [4.69, 9.17) is 5.73 Å². The number of hydrogen-bond acceptors (Lipinski definition) is 3. The van der Waals surface area contributed by atoms with Crippen LogP contribution in [0.15, 0.2) is 22.7 Å². The van der Waals surface area contributed by atoms with Crippen molar-refractivity contribution >= 4 is 15.9 Å². The van der Waals surface area contributed by atoms with Crippen LogP contribution >= 0.6 is 15.9 Å². The summed E-state index contributed by atoms with van der Waals surface area (Å²) in [6.07, 6.45) is 0. The third-order valence-corrected chi connectivity index (χ3v) is 3.45. The van der Waals surface area contributed by atoms with E-state index in [1.807, 2.05) is 30.7 Å². The molecule has 0 fully saturated rings. The highest BCUT2D eigenvalue weighted by Gasteiger charge is 2.09. The minimum atomic E-state index is 0.402. The van der Waals surface area contributed by atoms with Crippen LogP contribution in [0.3, 0.4) is 0 Å². The molecule has 0 aliphatic carbocycles. The Balaban J connectivity index is 2.50. The Hall–Kier alpha value is -1.20. The van der Waals surface area contributed by atoms with Gasteiger partial charge in [0.05, 0.1) is 6.54 Å². The molecule has 0 amide bonds. The van der Waals surface area contributed by atoms with Crippen molar-refractivity contribution in [1.82, 2.24) is 14.8 Å². The molecule has 2 aromatic rings. The van der Waals surface area contributed by atoms with E-state index < -0.39 is 0 Å². The molecule has 1 aromatic heterocycles. The zero-order chi connectivity index (χ0) is 11.7. The molecule has 0 radical (unpaired) electrons. The van der Waals surface area contributed by atoms with Gasteiger partial charge in [-0.3, -0.25) is 0 Å². The minimum absolute atomic E-state index is 0.402. The summed E-state index contributed by atoms with van der Waals surface area (Å²) in [6.45, 7) is 2.45. The van der Waals surface area contributed by atoms with E-state index in [1.165, 1.54) is 5.56 Å². The number of aromatic nitrogens is 3. The molecule has 5 heteroatoms. The fourth-order valence-corrected chi connectivity index (χ4v) is 1.82. The lowest BCUT2D eigenvalue weighted by molar-refractivity contribution is 0.797.